The van der Waals surface area contributed by atoms with E-state index >= 15 is 0 Å². The highest BCUT2D eigenvalue weighted by molar-refractivity contribution is 5.87. The van der Waals surface area contributed by atoms with Crippen LogP contribution in [0.1, 0.15) is 6.92 Å². The van der Waals surface area contributed by atoms with Crippen molar-refractivity contribution >= 4 is 11.9 Å². The fourth-order valence-corrected chi connectivity index (χ4v) is 2.20. The topological polar surface area (TPSA) is 71.1 Å². The van der Waals surface area contributed by atoms with Crippen molar-refractivity contribution in [3.63, 3.8) is 0 Å². The lowest BCUT2D eigenvalue weighted by Crippen LogP contribution is -2.01. The van der Waals surface area contributed by atoms with Gasteiger partial charge in [-0.3, -0.25) is 0 Å². The number of benzene rings is 2. The smallest absolute Gasteiger partial charge is 0.338 e. The van der Waals surface area contributed by atoms with Gasteiger partial charge in [-0.2, -0.15) is 8.78 Å². The molecule has 0 heterocycles. The Morgan fingerprint density at radius 2 is 1.21 bits per heavy atom. The van der Waals surface area contributed by atoms with Crippen LogP contribution < -0.4 is 9.47 Å². The Labute approximate surface area is 185 Å². The molecule has 0 fully saturated rings. The van der Waals surface area contributed by atoms with Gasteiger partial charge in [-0.15, -0.1) is 0 Å². The van der Waals surface area contributed by atoms with Gasteiger partial charge in [0, 0.05) is 22.8 Å². The third-order valence-corrected chi connectivity index (χ3v) is 3.76. The summed E-state index contributed by atoms with van der Waals surface area (Å²) in [6.45, 7) is 7.92. The lowest BCUT2D eigenvalue weighted by Gasteiger charge is -2.11. The summed E-state index contributed by atoms with van der Waals surface area (Å²) < 4.78 is 76.3. The summed E-state index contributed by atoms with van der Waals surface area (Å²) in [6.07, 6.45) is 4.00. The van der Waals surface area contributed by atoms with Crippen LogP contribution in [0.25, 0.3) is 11.1 Å². The quantitative estimate of drug-likeness (QED) is 0.213. The largest absolute Gasteiger partial charge is 0.459 e. The molecule has 0 bridgehead atoms. The minimum Gasteiger partial charge on any atom is -0.459 e. The van der Waals surface area contributed by atoms with E-state index in [0.29, 0.717) is 0 Å². The SMILES string of the molecule is C=CC(=O)O/C=C\Oc1ccc(-c2ccc(O/C=C\OC(=O)C(=C)C)c(F)c2F)c(F)c1F. The van der Waals surface area contributed by atoms with Crippen molar-refractivity contribution in [3.05, 3.63) is 97.4 Å². The van der Waals surface area contributed by atoms with Crippen molar-refractivity contribution in [2.45, 2.75) is 6.92 Å². The van der Waals surface area contributed by atoms with Crippen LogP contribution >= 0.6 is 0 Å². The number of esters is 2. The summed E-state index contributed by atoms with van der Waals surface area (Å²) in [5, 5.41) is 0. The number of carbonyl (C=O) groups is 2. The van der Waals surface area contributed by atoms with E-state index in [4.69, 9.17) is 9.47 Å². The van der Waals surface area contributed by atoms with Crippen molar-refractivity contribution in [3.8, 4) is 22.6 Å². The molecular weight excluding hydrogens is 448 g/mol. The summed E-state index contributed by atoms with van der Waals surface area (Å²) in [4.78, 5) is 22.1. The predicted molar refractivity (Wildman–Crippen MR) is 108 cm³/mol. The first-order valence-electron chi connectivity index (χ1n) is 8.96. The standard InChI is InChI=1S/C23H16F4O6/c1-4-18(28)32-11-9-30-16-7-5-14(19(24)21(16)26)15-6-8-17(22(27)20(15)25)31-10-12-33-23(29)13(2)3/h4-12H,1-2H2,3H3/b11-9-,12-10-. The molecule has 2 aromatic rings. The Kier molecular flexibility index (Phi) is 8.56. The van der Waals surface area contributed by atoms with Crippen molar-refractivity contribution < 1.29 is 46.1 Å². The van der Waals surface area contributed by atoms with Gasteiger partial charge in [0.25, 0.3) is 0 Å². The maximum atomic E-state index is 14.5. The fourth-order valence-electron chi connectivity index (χ4n) is 2.20. The van der Waals surface area contributed by atoms with E-state index in [2.05, 4.69) is 22.6 Å². The molecule has 2 rings (SSSR count). The molecule has 0 radical (unpaired) electrons. The molecule has 0 spiro atoms. The van der Waals surface area contributed by atoms with Gasteiger partial charge in [-0.25, -0.2) is 18.4 Å². The summed E-state index contributed by atoms with van der Waals surface area (Å²) in [5.74, 6) is -8.76. The molecule has 10 heteroatoms. The van der Waals surface area contributed by atoms with Crippen LogP contribution in [0.5, 0.6) is 11.5 Å². The van der Waals surface area contributed by atoms with Crippen molar-refractivity contribution in [1.82, 2.24) is 0 Å². The molecule has 33 heavy (non-hydrogen) atoms. The molecule has 0 aromatic heterocycles. The van der Waals surface area contributed by atoms with Gasteiger partial charge in [-0.05, 0) is 31.2 Å². The number of carbonyl (C=O) groups excluding carboxylic acids is 2. The molecule has 0 amide bonds. The first-order valence-corrected chi connectivity index (χ1v) is 8.96. The van der Waals surface area contributed by atoms with E-state index < -0.39 is 57.8 Å². The number of hydrogen-bond acceptors (Lipinski definition) is 6. The second-order valence-corrected chi connectivity index (χ2v) is 6.09. The summed E-state index contributed by atoms with van der Waals surface area (Å²) in [7, 11) is 0. The monoisotopic (exact) mass is 464 g/mol. The summed E-state index contributed by atoms with van der Waals surface area (Å²) in [5.41, 5.74) is -1.06. The third-order valence-electron chi connectivity index (χ3n) is 3.76. The van der Waals surface area contributed by atoms with E-state index in [1.165, 1.54) is 6.92 Å². The van der Waals surface area contributed by atoms with Crippen LogP contribution in [0.15, 0.2) is 74.1 Å². The van der Waals surface area contributed by atoms with Crippen LogP contribution in [-0.2, 0) is 19.1 Å². The normalized spacial score (nSPS) is 10.8. The number of ether oxygens (including phenoxy) is 4. The van der Waals surface area contributed by atoms with Gasteiger partial charge in [-0.1, -0.05) is 13.2 Å². The Bertz CT molecular complexity index is 1150. The molecule has 0 unspecified atom stereocenters. The molecule has 0 atom stereocenters. The van der Waals surface area contributed by atoms with Crippen LogP contribution in [0, 0.1) is 23.3 Å². The zero-order chi connectivity index (χ0) is 24.5. The highest BCUT2D eigenvalue weighted by Gasteiger charge is 2.21. The minimum absolute atomic E-state index is 0.110. The molecular formula is C23H16F4O6. The van der Waals surface area contributed by atoms with Crippen LogP contribution in [0.4, 0.5) is 17.6 Å². The van der Waals surface area contributed by atoms with Gasteiger partial charge in [0.1, 0.15) is 25.0 Å². The van der Waals surface area contributed by atoms with Crippen molar-refractivity contribution in [2.75, 3.05) is 0 Å². The van der Waals surface area contributed by atoms with E-state index in [9.17, 15) is 27.2 Å². The predicted octanol–water partition coefficient (Wildman–Crippen LogP) is 5.46. The molecule has 0 N–H and O–H groups in total. The Balaban J connectivity index is 2.20. The first-order chi connectivity index (χ1) is 15.7. The maximum absolute atomic E-state index is 14.5. The molecule has 0 aliphatic heterocycles. The van der Waals surface area contributed by atoms with Crippen LogP contribution in [0.2, 0.25) is 0 Å². The highest BCUT2D eigenvalue weighted by atomic mass is 19.2. The van der Waals surface area contributed by atoms with Crippen LogP contribution in [0.3, 0.4) is 0 Å². The zero-order valence-corrected chi connectivity index (χ0v) is 17.1. The Morgan fingerprint density at radius 3 is 1.64 bits per heavy atom. The lowest BCUT2D eigenvalue weighted by molar-refractivity contribution is -0.134. The number of hydrogen-bond donors (Lipinski definition) is 0. The summed E-state index contributed by atoms with van der Waals surface area (Å²) in [6, 6.07) is 3.87. The van der Waals surface area contributed by atoms with Crippen LogP contribution in [-0.4, -0.2) is 11.9 Å². The average Bonchev–Trinajstić information content (AvgIpc) is 2.79. The molecule has 0 saturated heterocycles. The molecule has 6 nitrogen and oxygen atoms in total. The number of halogens is 4. The van der Waals surface area contributed by atoms with Gasteiger partial charge in [0.15, 0.2) is 23.1 Å². The maximum Gasteiger partial charge on any atom is 0.338 e. The Morgan fingerprint density at radius 1 is 0.758 bits per heavy atom. The Hall–Kier alpha value is -4.34. The van der Waals surface area contributed by atoms with Crippen molar-refractivity contribution in [1.29, 1.82) is 0 Å². The van der Waals surface area contributed by atoms with E-state index in [1.807, 2.05) is 0 Å². The van der Waals surface area contributed by atoms with E-state index in [-0.39, 0.29) is 5.57 Å². The molecule has 172 valence electrons. The molecule has 0 aliphatic carbocycles. The van der Waals surface area contributed by atoms with Gasteiger partial charge in [0.2, 0.25) is 11.6 Å². The van der Waals surface area contributed by atoms with E-state index in [1.54, 1.807) is 0 Å². The molecule has 0 aliphatic rings. The van der Waals surface area contributed by atoms with E-state index in [0.717, 1.165) is 55.4 Å². The lowest BCUT2D eigenvalue weighted by atomic mass is 10.0. The second kappa shape index (κ2) is 11.3. The summed E-state index contributed by atoms with van der Waals surface area (Å²) >= 11 is 0. The first kappa shape index (κ1) is 24.9. The average molecular weight is 464 g/mol. The number of rotatable bonds is 9. The van der Waals surface area contributed by atoms with Gasteiger partial charge < -0.3 is 18.9 Å². The molecule has 2 aromatic carbocycles. The zero-order valence-electron chi connectivity index (χ0n) is 17.1. The van der Waals surface area contributed by atoms with Crippen molar-refractivity contribution in [2.24, 2.45) is 0 Å². The second-order valence-electron chi connectivity index (χ2n) is 6.09. The van der Waals surface area contributed by atoms with Gasteiger partial charge in [0.05, 0.1) is 0 Å². The fraction of sp³-hybridized carbons (Fsp3) is 0.0435. The highest BCUT2D eigenvalue weighted by Crippen LogP contribution is 2.34. The molecule has 0 saturated carbocycles. The minimum atomic E-state index is -1.51. The third kappa shape index (κ3) is 6.33. The van der Waals surface area contributed by atoms with Gasteiger partial charge >= 0.3 is 11.9 Å².